The quantitative estimate of drug-likeness (QED) is 0.758. The summed E-state index contributed by atoms with van der Waals surface area (Å²) < 4.78 is 23.3. The van der Waals surface area contributed by atoms with Crippen LogP contribution in [0.4, 0.5) is 0 Å². The summed E-state index contributed by atoms with van der Waals surface area (Å²) in [6.07, 6.45) is 2.66. The van der Waals surface area contributed by atoms with E-state index in [1.165, 1.54) is 16.7 Å². The van der Waals surface area contributed by atoms with Gasteiger partial charge in [0.05, 0.1) is 5.75 Å². The first-order chi connectivity index (χ1) is 9.91. The molecule has 0 heterocycles. The van der Waals surface area contributed by atoms with Gasteiger partial charge in [-0.2, -0.15) is 0 Å². The van der Waals surface area contributed by atoms with E-state index in [1.54, 1.807) is 6.92 Å². The highest BCUT2D eigenvalue weighted by Crippen LogP contribution is 2.25. The van der Waals surface area contributed by atoms with Gasteiger partial charge in [0.2, 0.25) is 0 Å². The third-order valence-electron chi connectivity index (χ3n) is 3.92. The maximum Gasteiger partial charge on any atom is 0.150 e. The molecule has 3 nitrogen and oxygen atoms in total. The van der Waals surface area contributed by atoms with Crippen LogP contribution in [0.2, 0.25) is 0 Å². The molecule has 0 saturated carbocycles. The molecule has 1 atom stereocenters. The molecular formula is C17H29NO2S. The summed E-state index contributed by atoms with van der Waals surface area (Å²) in [7, 11) is -2.87. The Morgan fingerprint density at radius 1 is 1.14 bits per heavy atom. The molecule has 21 heavy (non-hydrogen) atoms. The maximum absolute atomic E-state index is 11.6. The summed E-state index contributed by atoms with van der Waals surface area (Å²) in [6, 6.07) is 6.59. The van der Waals surface area contributed by atoms with E-state index >= 15 is 0 Å². The second-order valence-electron chi connectivity index (χ2n) is 5.69. The highest BCUT2D eigenvalue weighted by molar-refractivity contribution is 7.91. The van der Waals surface area contributed by atoms with Crippen molar-refractivity contribution in [1.29, 1.82) is 0 Å². The van der Waals surface area contributed by atoms with E-state index in [1.807, 2.05) is 0 Å². The Bertz CT molecular complexity index is 517. The van der Waals surface area contributed by atoms with Crippen LogP contribution < -0.4 is 5.32 Å². The highest BCUT2D eigenvalue weighted by Gasteiger charge is 2.16. The average molecular weight is 311 g/mol. The molecule has 0 radical (unpaired) electrons. The van der Waals surface area contributed by atoms with Gasteiger partial charge < -0.3 is 5.32 Å². The lowest BCUT2D eigenvalue weighted by atomic mass is 9.93. The minimum Gasteiger partial charge on any atom is -0.310 e. The van der Waals surface area contributed by atoms with Crippen LogP contribution in [0.1, 0.15) is 55.8 Å². The summed E-state index contributed by atoms with van der Waals surface area (Å²) in [6.45, 7) is 9.08. The number of nitrogens with one attached hydrogen (secondary N) is 1. The largest absolute Gasteiger partial charge is 0.310 e. The molecule has 1 N–H and O–H groups in total. The van der Waals surface area contributed by atoms with E-state index in [0.717, 1.165) is 19.4 Å². The smallest absolute Gasteiger partial charge is 0.150 e. The summed E-state index contributed by atoms with van der Waals surface area (Å²) in [5.74, 6) is 0.530. The minimum absolute atomic E-state index is 0.240. The van der Waals surface area contributed by atoms with Gasteiger partial charge in [-0.05, 0) is 56.3 Å². The highest BCUT2D eigenvalue weighted by atomic mass is 32.2. The Kier molecular flexibility index (Phi) is 7.40. The van der Waals surface area contributed by atoms with Crippen molar-refractivity contribution >= 4 is 9.84 Å². The van der Waals surface area contributed by atoms with Gasteiger partial charge in [0, 0.05) is 11.8 Å². The molecule has 0 aliphatic carbocycles. The standard InChI is InChI=1S/C17H29NO2S/c1-5-12-18-16(11-8-13-21(19,20)6-2)17-14(3)9-7-10-15(17)4/h7,9-10,16,18H,5-6,8,11-13H2,1-4H3. The molecule has 0 fully saturated rings. The Labute approximate surface area is 130 Å². The van der Waals surface area contributed by atoms with Crippen molar-refractivity contribution in [3.8, 4) is 0 Å². The predicted molar refractivity (Wildman–Crippen MR) is 90.5 cm³/mol. The average Bonchev–Trinajstić information content (AvgIpc) is 2.43. The fourth-order valence-electron chi connectivity index (χ4n) is 2.70. The fraction of sp³-hybridized carbons (Fsp3) is 0.647. The van der Waals surface area contributed by atoms with E-state index in [9.17, 15) is 8.42 Å². The first-order valence-electron chi connectivity index (χ1n) is 7.91. The second-order valence-corrected chi connectivity index (χ2v) is 8.16. The Balaban J connectivity index is 2.81. The van der Waals surface area contributed by atoms with Crippen LogP contribution in [0.3, 0.4) is 0 Å². The second kappa shape index (κ2) is 8.54. The van der Waals surface area contributed by atoms with Gasteiger partial charge >= 0.3 is 0 Å². The van der Waals surface area contributed by atoms with Crippen molar-refractivity contribution < 1.29 is 8.42 Å². The molecule has 120 valence electrons. The molecule has 0 aliphatic rings. The minimum atomic E-state index is -2.87. The zero-order chi connectivity index (χ0) is 15.9. The lowest BCUT2D eigenvalue weighted by Gasteiger charge is -2.23. The monoisotopic (exact) mass is 311 g/mol. The van der Waals surface area contributed by atoms with Gasteiger partial charge in [-0.25, -0.2) is 8.42 Å². The molecule has 0 bridgehead atoms. The molecular weight excluding hydrogens is 282 g/mol. The number of hydrogen-bond acceptors (Lipinski definition) is 3. The number of benzene rings is 1. The van der Waals surface area contributed by atoms with Gasteiger partial charge in [0.25, 0.3) is 0 Å². The fourth-order valence-corrected chi connectivity index (χ4v) is 3.59. The van der Waals surface area contributed by atoms with Crippen molar-refractivity contribution in [2.45, 2.75) is 53.0 Å². The molecule has 0 saturated heterocycles. The molecule has 4 heteroatoms. The number of rotatable bonds is 9. The van der Waals surface area contributed by atoms with Gasteiger partial charge in [-0.1, -0.05) is 32.0 Å². The first-order valence-corrected chi connectivity index (χ1v) is 9.73. The summed E-state index contributed by atoms with van der Waals surface area (Å²) in [5.41, 5.74) is 3.89. The Morgan fingerprint density at radius 2 is 1.76 bits per heavy atom. The van der Waals surface area contributed by atoms with Crippen LogP contribution in [0.5, 0.6) is 0 Å². The normalized spacial score (nSPS) is 13.3. The SMILES string of the molecule is CCCNC(CCCS(=O)(=O)CC)c1c(C)cccc1C. The third-order valence-corrected chi connectivity index (χ3v) is 5.71. The summed E-state index contributed by atoms with van der Waals surface area (Å²) >= 11 is 0. The molecule has 1 aromatic rings. The molecule has 1 unspecified atom stereocenters. The lowest BCUT2D eigenvalue weighted by Crippen LogP contribution is -2.24. The van der Waals surface area contributed by atoms with Crippen LogP contribution >= 0.6 is 0 Å². The van der Waals surface area contributed by atoms with Crippen molar-refractivity contribution in [2.75, 3.05) is 18.1 Å². The van der Waals surface area contributed by atoms with Crippen LogP contribution in [0.25, 0.3) is 0 Å². The van der Waals surface area contributed by atoms with Gasteiger partial charge in [-0.3, -0.25) is 0 Å². The van der Waals surface area contributed by atoms with Crippen LogP contribution in [0, 0.1) is 13.8 Å². The zero-order valence-electron chi connectivity index (χ0n) is 13.8. The van der Waals surface area contributed by atoms with Gasteiger partial charge in [0.1, 0.15) is 9.84 Å². The number of sulfone groups is 1. The summed E-state index contributed by atoms with van der Waals surface area (Å²) in [5, 5.41) is 3.58. The van der Waals surface area contributed by atoms with Gasteiger partial charge in [0.15, 0.2) is 0 Å². The van der Waals surface area contributed by atoms with E-state index < -0.39 is 9.84 Å². The number of aryl methyl sites for hydroxylation is 2. The van der Waals surface area contributed by atoms with E-state index in [-0.39, 0.29) is 11.8 Å². The van der Waals surface area contributed by atoms with E-state index in [0.29, 0.717) is 12.2 Å². The lowest BCUT2D eigenvalue weighted by molar-refractivity contribution is 0.488. The van der Waals surface area contributed by atoms with Crippen LogP contribution in [-0.2, 0) is 9.84 Å². The molecule has 0 spiro atoms. The van der Waals surface area contributed by atoms with Crippen molar-refractivity contribution in [1.82, 2.24) is 5.32 Å². The number of hydrogen-bond donors (Lipinski definition) is 1. The van der Waals surface area contributed by atoms with E-state index in [4.69, 9.17) is 0 Å². The van der Waals surface area contributed by atoms with Crippen LogP contribution in [-0.4, -0.2) is 26.5 Å². The predicted octanol–water partition coefficient (Wildman–Crippen LogP) is 3.56. The summed E-state index contributed by atoms with van der Waals surface area (Å²) in [4.78, 5) is 0. The third kappa shape index (κ3) is 5.79. The zero-order valence-corrected chi connectivity index (χ0v) is 14.6. The Hall–Kier alpha value is -0.870. The maximum atomic E-state index is 11.6. The Morgan fingerprint density at radius 3 is 2.29 bits per heavy atom. The van der Waals surface area contributed by atoms with Crippen molar-refractivity contribution in [3.05, 3.63) is 34.9 Å². The van der Waals surface area contributed by atoms with Crippen molar-refractivity contribution in [3.63, 3.8) is 0 Å². The van der Waals surface area contributed by atoms with Crippen molar-refractivity contribution in [2.24, 2.45) is 0 Å². The molecule has 0 aromatic heterocycles. The molecule has 1 aromatic carbocycles. The molecule has 0 aliphatic heterocycles. The molecule has 0 amide bonds. The molecule has 1 rings (SSSR count). The van der Waals surface area contributed by atoms with Gasteiger partial charge in [-0.15, -0.1) is 0 Å². The first kappa shape index (κ1) is 18.2. The van der Waals surface area contributed by atoms with E-state index in [2.05, 4.69) is 44.3 Å². The van der Waals surface area contributed by atoms with Crippen LogP contribution in [0.15, 0.2) is 18.2 Å². The topological polar surface area (TPSA) is 46.2 Å².